The number of hydrogen-bond acceptors (Lipinski definition) is 3. The SMILES string of the molecule is Nc1ccc(CNC(=O)/C=C/c2cccs2)cc1. The second-order valence-electron chi connectivity index (χ2n) is 3.81. The topological polar surface area (TPSA) is 55.1 Å². The van der Waals surface area contributed by atoms with Gasteiger partial charge in [-0.25, -0.2) is 0 Å². The highest BCUT2D eigenvalue weighted by molar-refractivity contribution is 7.10. The fourth-order valence-electron chi connectivity index (χ4n) is 1.43. The lowest BCUT2D eigenvalue weighted by molar-refractivity contribution is -0.116. The quantitative estimate of drug-likeness (QED) is 0.654. The van der Waals surface area contributed by atoms with Crippen molar-refractivity contribution in [2.24, 2.45) is 0 Å². The molecule has 3 nitrogen and oxygen atoms in total. The molecule has 0 aliphatic carbocycles. The summed E-state index contributed by atoms with van der Waals surface area (Å²) < 4.78 is 0. The molecule has 0 bridgehead atoms. The molecule has 0 unspecified atom stereocenters. The highest BCUT2D eigenvalue weighted by atomic mass is 32.1. The van der Waals surface area contributed by atoms with Crippen molar-refractivity contribution < 1.29 is 4.79 Å². The van der Waals surface area contributed by atoms with E-state index in [0.717, 1.165) is 16.1 Å². The molecule has 3 N–H and O–H groups in total. The first-order valence-corrected chi connectivity index (χ1v) is 6.46. The Bertz CT molecular complexity index is 529. The van der Waals surface area contributed by atoms with Crippen molar-refractivity contribution in [1.82, 2.24) is 5.32 Å². The maximum Gasteiger partial charge on any atom is 0.244 e. The Hall–Kier alpha value is -2.07. The number of carbonyl (C=O) groups excluding carboxylic acids is 1. The molecule has 1 aromatic carbocycles. The van der Waals surface area contributed by atoms with E-state index in [1.165, 1.54) is 0 Å². The Morgan fingerprint density at radius 3 is 2.72 bits per heavy atom. The summed E-state index contributed by atoms with van der Waals surface area (Å²) in [5.74, 6) is -0.0970. The number of carbonyl (C=O) groups is 1. The summed E-state index contributed by atoms with van der Waals surface area (Å²) in [5.41, 5.74) is 7.34. The van der Waals surface area contributed by atoms with E-state index in [4.69, 9.17) is 5.73 Å². The molecular weight excluding hydrogens is 244 g/mol. The first kappa shape index (κ1) is 12.4. The predicted molar refractivity (Wildman–Crippen MR) is 76.1 cm³/mol. The van der Waals surface area contributed by atoms with Gasteiger partial charge >= 0.3 is 0 Å². The van der Waals surface area contributed by atoms with Gasteiger partial charge in [-0.2, -0.15) is 0 Å². The van der Waals surface area contributed by atoms with Gasteiger partial charge in [-0.1, -0.05) is 18.2 Å². The average molecular weight is 258 g/mol. The number of benzene rings is 1. The van der Waals surface area contributed by atoms with Crippen LogP contribution in [0.25, 0.3) is 6.08 Å². The fraction of sp³-hybridized carbons (Fsp3) is 0.0714. The summed E-state index contributed by atoms with van der Waals surface area (Å²) in [6.45, 7) is 0.508. The van der Waals surface area contributed by atoms with E-state index in [-0.39, 0.29) is 5.91 Å². The molecule has 0 atom stereocenters. The number of nitrogens with one attached hydrogen (secondary N) is 1. The van der Waals surface area contributed by atoms with Crippen LogP contribution in [0.4, 0.5) is 5.69 Å². The maximum absolute atomic E-state index is 11.6. The smallest absolute Gasteiger partial charge is 0.244 e. The lowest BCUT2D eigenvalue weighted by atomic mass is 10.2. The zero-order chi connectivity index (χ0) is 12.8. The minimum absolute atomic E-state index is 0.0970. The van der Waals surface area contributed by atoms with Gasteiger partial charge in [0.25, 0.3) is 0 Å². The van der Waals surface area contributed by atoms with Gasteiger partial charge in [0, 0.05) is 23.2 Å². The van der Waals surface area contributed by atoms with Crippen LogP contribution < -0.4 is 11.1 Å². The Labute approximate surface area is 110 Å². The lowest BCUT2D eigenvalue weighted by Crippen LogP contribution is -2.20. The molecule has 4 heteroatoms. The molecule has 0 radical (unpaired) electrons. The van der Waals surface area contributed by atoms with Crippen LogP contribution in [0.15, 0.2) is 47.9 Å². The summed E-state index contributed by atoms with van der Waals surface area (Å²) in [7, 11) is 0. The van der Waals surface area contributed by atoms with E-state index in [9.17, 15) is 4.79 Å². The zero-order valence-electron chi connectivity index (χ0n) is 9.80. The molecule has 0 saturated carbocycles. The van der Waals surface area contributed by atoms with Crippen LogP contribution in [0.5, 0.6) is 0 Å². The molecule has 1 aromatic heterocycles. The third-order valence-corrected chi connectivity index (χ3v) is 3.23. The third-order valence-electron chi connectivity index (χ3n) is 2.39. The van der Waals surface area contributed by atoms with Gasteiger partial charge in [-0.05, 0) is 35.2 Å². The molecule has 0 aliphatic heterocycles. The maximum atomic E-state index is 11.6. The van der Waals surface area contributed by atoms with Crippen molar-refractivity contribution >= 4 is 29.0 Å². The Kier molecular flexibility index (Phi) is 4.15. The molecule has 18 heavy (non-hydrogen) atoms. The van der Waals surface area contributed by atoms with E-state index in [0.29, 0.717) is 6.54 Å². The fourth-order valence-corrected chi connectivity index (χ4v) is 2.05. The molecule has 0 fully saturated rings. The number of thiophene rings is 1. The van der Waals surface area contributed by atoms with E-state index >= 15 is 0 Å². The average Bonchev–Trinajstić information content (AvgIpc) is 2.89. The van der Waals surface area contributed by atoms with Crippen molar-refractivity contribution in [3.05, 3.63) is 58.3 Å². The van der Waals surface area contributed by atoms with Crippen LogP contribution in [0.2, 0.25) is 0 Å². The summed E-state index contributed by atoms with van der Waals surface area (Å²) in [6, 6.07) is 11.4. The van der Waals surface area contributed by atoms with Crippen molar-refractivity contribution in [2.45, 2.75) is 6.54 Å². The van der Waals surface area contributed by atoms with Crippen molar-refractivity contribution in [3.8, 4) is 0 Å². The minimum atomic E-state index is -0.0970. The number of nitrogens with two attached hydrogens (primary N) is 1. The first-order valence-electron chi connectivity index (χ1n) is 5.58. The van der Waals surface area contributed by atoms with Crippen LogP contribution in [0, 0.1) is 0 Å². The third kappa shape index (κ3) is 3.75. The van der Waals surface area contributed by atoms with Crippen LogP contribution in [0.1, 0.15) is 10.4 Å². The predicted octanol–water partition coefficient (Wildman–Crippen LogP) is 2.66. The highest BCUT2D eigenvalue weighted by Crippen LogP contribution is 2.10. The largest absolute Gasteiger partial charge is 0.399 e. The van der Waals surface area contributed by atoms with Gasteiger partial charge in [0.2, 0.25) is 5.91 Å². The van der Waals surface area contributed by atoms with Gasteiger partial charge in [0.15, 0.2) is 0 Å². The van der Waals surface area contributed by atoms with Gasteiger partial charge < -0.3 is 11.1 Å². The van der Waals surface area contributed by atoms with Crippen molar-refractivity contribution in [1.29, 1.82) is 0 Å². The van der Waals surface area contributed by atoms with Gasteiger partial charge in [0.05, 0.1) is 0 Å². The molecule has 0 saturated heterocycles. The van der Waals surface area contributed by atoms with Crippen LogP contribution in [0.3, 0.4) is 0 Å². The van der Waals surface area contributed by atoms with Crippen LogP contribution >= 0.6 is 11.3 Å². The Morgan fingerprint density at radius 2 is 2.06 bits per heavy atom. The van der Waals surface area contributed by atoms with Crippen molar-refractivity contribution in [2.75, 3.05) is 5.73 Å². The lowest BCUT2D eigenvalue weighted by Gasteiger charge is -2.02. The summed E-state index contributed by atoms with van der Waals surface area (Å²) >= 11 is 1.60. The molecule has 2 aromatic rings. The van der Waals surface area contributed by atoms with Crippen molar-refractivity contribution in [3.63, 3.8) is 0 Å². The summed E-state index contributed by atoms with van der Waals surface area (Å²) in [4.78, 5) is 12.6. The van der Waals surface area contributed by atoms with E-state index < -0.39 is 0 Å². The Balaban J connectivity index is 1.83. The molecule has 1 amide bonds. The second kappa shape index (κ2) is 6.02. The molecule has 1 heterocycles. The monoisotopic (exact) mass is 258 g/mol. The number of amides is 1. The molecule has 0 spiro atoms. The second-order valence-corrected chi connectivity index (χ2v) is 4.79. The zero-order valence-corrected chi connectivity index (χ0v) is 10.6. The van der Waals surface area contributed by atoms with E-state index in [1.54, 1.807) is 17.4 Å². The minimum Gasteiger partial charge on any atom is -0.399 e. The van der Waals surface area contributed by atoms with Gasteiger partial charge in [0.1, 0.15) is 0 Å². The molecule has 0 aliphatic rings. The normalized spacial score (nSPS) is 10.7. The first-order chi connectivity index (χ1) is 8.74. The highest BCUT2D eigenvalue weighted by Gasteiger charge is 1.97. The number of anilines is 1. The van der Waals surface area contributed by atoms with E-state index in [2.05, 4.69) is 5.32 Å². The van der Waals surface area contributed by atoms with Gasteiger partial charge in [-0.3, -0.25) is 4.79 Å². The number of rotatable bonds is 4. The number of hydrogen-bond donors (Lipinski definition) is 2. The summed E-state index contributed by atoms with van der Waals surface area (Å²) in [6.07, 6.45) is 3.35. The van der Waals surface area contributed by atoms with Gasteiger partial charge in [-0.15, -0.1) is 11.3 Å². The van der Waals surface area contributed by atoms with Crippen LogP contribution in [-0.4, -0.2) is 5.91 Å². The van der Waals surface area contributed by atoms with E-state index in [1.807, 2.05) is 47.9 Å². The van der Waals surface area contributed by atoms with Crippen LogP contribution in [-0.2, 0) is 11.3 Å². The Morgan fingerprint density at radius 1 is 1.28 bits per heavy atom. The molecular formula is C14H14N2OS. The number of nitrogen functional groups attached to an aromatic ring is 1. The standard InChI is InChI=1S/C14H14N2OS/c15-12-5-3-11(4-6-12)10-16-14(17)8-7-13-2-1-9-18-13/h1-9H,10,15H2,(H,16,17)/b8-7+. The summed E-state index contributed by atoms with van der Waals surface area (Å²) in [5, 5.41) is 4.80. The molecule has 2 rings (SSSR count). The molecule has 92 valence electrons.